The first kappa shape index (κ1) is 17.0. The van der Waals surface area contributed by atoms with Gasteiger partial charge in [-0.05, 0) is 22.9 Å². The number of carbonyl (C=O) groups is 1. The lowest BCUT2D eigenvalue weighted by molar-refractivity contribution is 0.102. The summed E-state index contributed by atoms with van der Waals surface area (Å²) in [6.45, 7) is 0. The monoisotopic (exact) mass is 399 g/mol. The number of pyridine rings is 1. The van der Waals surface area contributed by atoms with Crippen molar-refractivity contribution in [3.8, 4) is 11.3 Å². The second-order valence-corrected chi connectivity index (χ2v) is 7.17. The van der Waals surface area contributed by atoms with Crippen LogP contribution < -0.4 is 5.32 Å². The van der Waals surface area contributed by atoms with Gasteiger partial charge in [0, 0.05) is 17.1 Å². The number of rotatable bonds is 3. The molecule has 0 unspecified atom stereocenters. The van der Waals surface area contributed by atoms with E-state index >= 15 is 0 Å². The van der Waals surface area contributed by atoms with Gasteiger partial charge in [-0.25, -0.2) is 9.97 Å². The molecule has 4 nitrogen and oxygen atoms in total. The van der Waals surface area contributed by atoms with E-state index in [9.17, 15) is 4.79 Å². The number of thiazole rings is 1. The molecule has 128 valence electrons. The van der Waals surface area contributed by atoms with Crippen molar-refractivity contribution in [1.82, 2.24) is 9.97 Å². The van der Waals surface area contributed by atoms with Crippen LogP contribution in [0.3, 0.4) is 0 Å². The van der Waals surface area contributed by atoms with Gasteiger partial charge in [0.1, 0.15) is 5.15 Å². The zero-order valence-electron chi connectivity index (χ0n) is 13.2. The molecular weight excluding hydrogens is 389 g/mol. The highest BCUT2D eigenvalue weighted by Gasteiger charge is 2.12. The number of aromatic nitrogens is 2. The number of hydrogen-bond donors (Lipinski definition) is 1. The zero-order valence-corrected chi connectivity index (χ0v) is 15.6. The lowest BCUT2D eigenvalue weighted by atomic mass is 10.1. The fourth-order valence-corrected chi connectivity index (χ4v) is 3.51. The summed E-state index contributed by atoms with van der Waals surface area (Å²) < 4.78 is 0. The molecule has 1 N–H and O–H groups in total. The van der Waals surface area contributed by atoms with Crippen molar-refractivity contribution in [2.75, 3.05) is 5.32 Å². The van der Waals surface area contributed by atoms with Crippen molar-refractivity contribution < 1.29 is 4.79 Å². The fraction of sp³-hybridized carbons (Fsp3) is 0. The van der Waals surface area contributed by atoms with Crippen LogP contribution in [0.4, 0.5) is 5.13 Å². The molecule has 0 radical (unpaired) electrons. The van der Waals surface area contributed by atoms with E-state index in [1.54, 1.807) is 0 Å². The molecule has 0 bridgehead atoms. The Hall–Kier alpha value is -2.47. The molecule has 2 heterocycles. The summed E-state index contributed by atoms with van der Waals surface area (Å²) in [5.74, 6) is -0.338. The van der Waals surface area contributed by atoms with Crippen LogP contribution in [0.1, 0.15) is 10.4 Å². The molecule has 0 aliphatic rings. The molecule has 4 aromatic rings. The molecule has 0 fully saturated rings. The molecule has 0 spiro atoms. The maximum Gasteiger partial charge on any atom is 0.259 e. The van der Waals surface area contributed by atoms with Gasteiger partial charge in [-0.1, -0.05) is 59.6 Å². The molecule has 0 aliphatic heterocycles. The highest BCUT2D eigenvalue weighted by molar-refractivity contribution is 7.14. The number of carbonyl (C=O) groups excluding carboxylic acids is 1. The van der Waals surface area contributed by atoms with Crippen molar-refractivity contribution in [1.29, 1.82) is 0 Å². The third-order valence-electron chi connectivity index (χ3n) is 3.83. The van der Waals surface area contributed by atoms with Gasteiger partial charge in [-0.2, -0.15) is 0 Å². The number of anilines is 1. The summed E-state index contributed by atoms with van der Waals surface area (Å²) in [7, 11) is 0. The quantitative estimate of drug-likeness (QED) is 0.435. The molecule has 2 aromatic heterocycles. The maximum absolute atomic E-state index is 12.3. The Labute approximate surface area is 163 Å². The van der Waals surface area contributed by atoms with E-state index in [0.717, 1.165) is 16.6 Å². The molecule has 0 atom stereocenters. The summed E-state index contributed by atoms with van der Waals surface area (Å²) in [5, 5.41) is 7.88. The molecule has 2 aromatic carbocycles. The second-order valence-electron chi connectivity index (χ2n) is 5.55. The van der Waals surface area contributed by atoms with Crippen LogP contribution in [0.25, 0.3) is 22.0 Å². The number of hydrogen-bond acceptors (Lipinski definition) is 4. The number of amides is 1. The lowest BCUT2D eigenvalue weighted by Gasteiger charge is -2.03. The van der Waals surface area contributed by atoms with E-state index in [1.807, 2.05) is 23.6 Å². The number of nitrogens with one attached hydrogen (secondary N) is 1. The number of nitrogens with zero attached hydrogens (tertiary/aromatic N) is 2. The van der Waals surface area contributed by atoms with Crippen molar-refractivity contribution in [3.05, 3.63) is 75.8 Å². The maximum atomic E-state index is 12.3. The van der Waals surface area contributed by atoms with Gasteiger partial charge in [0.25, 0.3) is 5.91 Å². The van der Waals surface area contributed by atoms with E-state index in [-0.39, 0.29) is 16.1 Å². The summed E-state index contributed by atoms with van der Waals surface area (Å²) in [5.41, 5.74) is 2.13. The average molecular weight is 400 g/mol. The molecule has 7 heteroatoms. The van der Waals surface area contributed by atoms with Crippen LogP contribution in [0, 0.1) is 0 Å². The first-order valence-corrected chi connectivity index (χ1v) is 9.31. The smallest absolute Gasteiger partial charge is 0.259 e. The van der Waals surface area contributed by atoms with Crippen molar-refractivity contribution >= 4 is 56.3 Å². The van der Waals surface area contributed by atoms with Gasteiger partial charge in [0.05, 0.1) is 16.3 Å². The minimum atomic E-state index is -0.338. The van der Waals surface area contributed by atoms with Gasteiger partial charge < -0.3 is 0 Å². The van der Waals surface area contributed by atoms with Gasteiger partial charge in [-0.15, -0.1) is 11.3 Å². The SMILES string of the molecule is O=C(Nc1nc(-c2ccc3ccccc3c2)cs1)c1cnc(Cl)c(Cl)c1. The molecule has 4 rings (SSSR count). The van der Waals surface area contributed by atoms with Crippen molar-refractivity contribution in [2.45, 2.75) is 0 Å². The molecular formula is C19H11Cl2N3OS. The highest BCUT2D eigenvalue weighted by atomic mass is 35.5. The van der Waals surface area contributed by atoms with Crippen molar-refractivity contribution in [3.63, 3.8) is 0 Å². The van der Waals surface area contributed by atoms with E-state index in [2.05, 4.69) is 39.6 Å². The lowest BCUT2D eigenvalue weighted by Crippen LogP contribution is -2.12. The number of fused-ring (bicyclic) bond motifs is 1. The predicted octanol–water partition coefficient (Wildman–Crippen LogP) is 5.92. The first-order valence-electron chi connectivity index (χ1n) is 7.67. The Morgan fingerprint density at radius 1 is 1.04 bits per heavy atom. The highest BCUT2D eigenvalue weighted by Crippen LogP contribution is 2.28. The summed E-state index contributed by atoms with van der Waals surface area (Å²) in [6, 6.07) is 15.8. The van der Waals surface area contributed by atoms with Crippen LogP contribution in [0.5, 0.6) is 0 Å². The fourth-order valence-electron chi connectivity index (χ4n) is 2.53. The van der Waals surface area contributed by atoms with E-state index in [1.165, 1.54) is 29.0 Å². The van der Waals surface area contributed by atoms with Gasteiger partial charge >= 0.3 is 0 Å². The van der Waals surface area contributed by atoms with Crippen LogP contribution in [0.15, 0.2) is 60.1 Å². The van der Waals surface area contributed by atoms with Gasteiger partial charge in [0.2, 0.25) is 0 Å². The Balaban J connectivity index is 1.57. The van der Waals surface area contributed by atoms with Crippen LogP contribution >= 0.6 is 34.5 Å². The topological polar surface area (TPSA) is 54.9 Å². The molecule has 1 amide bonds. The summed E-state index contributed by atoms with van der Waals surface area (Å²) in [6.07, 6.45) is 1.38. The predicted molar refractivity (Wildman–Crippen MR) is 107 cm³/mol. The Kier molecular flexibility index (Phi) is 4.59. The van der Waals surface area contributed by atoms with E-state index in [0.29, 0.717) is 10.7 Å². The van der Waals surface area contributed by atoms with Gasteiger partial charge in [-0.3, -0.25) is 10.1 Å². The van der Waals surface area contributed by atoms with Crippen LogP contribution in [0.2, 0.25) is 10.2 Å². The minimum Gasteiger partial charge on any atom is -0.298 e. The third-order valence-corrected chi connectivity index (χ3v) is 5.27. The molecule has 0 saturated carbocycles. The third kappa shape index (κ3) is 3.42. The largest absolute Gasteiger partial charge is 0.298 e. The second kappa shape index (κ2) is 7.03. The van der Waals surface area contributed by atoms with E-state index < -0.39 is 0 Å². The molecule has 0 saturated heterocycles. The molecule has 26 heavy (non-hydrogen) atoms. The van der Waals surface area contributed by atoms with E-state index in [4.69, 9.17) is 23.2 Å². The van der Waals surface area contributed by atoms with Gasteiger partial charge in [0.15, 0.2) is 5.13 Å². The zero-order chi connectivity index (χ0) is 18.1. The Bertz CT molecular complexity index is 1130. The minimum absolute atomic E-state index is 0.163. The summed E-state index contributed by atoms with van der Waals surface area (Å²) in [4.78, 5) is 20.7. The standard InChI is InChI=1S/C19H11Cl2N3OS/c20-15-8-14(9-22-17(15)21)18(25)24-19-23-16(10-26-19)13-6-5-11-3-1-2-4-12(11)7-13/h1-10H,(H,23,24,25). The Morgan fingerprint density at radius 2 is 1.85 bits per heavy atom. The van der Waals surface area contributed by atoms with Crippen molar-refractivity contribution in [2.24, 2.45) is 0 Å². The molecule has 0 aliphatic carbocycles. The summed E-state index contributed by atoms with van der Waals surface area (Å²) >= 11 is 13.0. The van der Waals surface area contributed by atoms with Crippen LogP contribution in [-0.2, 0) is 0 Å². The average Bonchev–Trinajstić information content (AvgIpc) is 3.12. The number of halogens is 2. The Morgan fingerprint density at radius 3 is 2.65 bits per heavy atom. The normalized spacial score (nSPS) is 10.8. The first-order chi connectivity index (χ1) is 12.6. The number of benzene rings is 2. The van der Waals surface area contributed by atoms with Crippen LogP contribution in [-0.4, -0.2) is 15.9 Å².